The SMILES string of the molecule is CN(C)C(=O)c1ccc(C#Cc2cc(Cl)ccc2OC(C(=O)O)C(C)(C)C)cc1. The van der Waals surface area contributed by atoms with Crippen molar-refractivity contribution >= 4 is 23.5 Å². The number of benzene rings is 2. The van der Waals surface area contributed by atoms with Gasteiger partial charge in [-0.15, -0.1) is 0 Å². The van der Waals surface area contributed by atoms with Gasteiger partial charge in [0.15, 0.2) is 6.10 Å². The number of carbonyl (C=O) groups is 2. The molecule has 0 bridgehead atoms. The van der Waals surface area contributed by atoms with E-state index in [1.54, 1.807) is 77.3 Å². The quantitative estimate of drug-likeness (QED) is 0.758. The van der Waals surface area contributed by atoms with Crippen LogP contribution in [0.25, 0.3) is 0 Å². The van der Waals surface area contributed by atoms with E-state index >= 15 is 0 Å². The number of amides is 1. The van der Waals surface area contributed by atoms with Crippen molar-refractivity contribution in [2.24, 2.45) is 5.41 Å². The Morgan fingerprint density at radius 1 is 1.07 bits per heavy atom. The Kier molecular flexibility index (Phi) is 6.94. The first kappa shape index (κ1) is 22.3. The summed E-state index contributed by atoms with van der Waals surface area (Å²) < 4.78 is 5.78. The minimum Gasteiger partial charge on any atom is -0.478 e. The van der Waals surface area contributed by atoms with E-state index in [4.69, 9.17) is 16.3 Å². The van der Waals surface area contributed by atoms with Gasteiger partial charge in [0.1, 0.15) is 5.75 Å². The van der Waals surface area contributed by atoms with Crippen molar-refractivity contribution in [1.29, 1.82) is 0 Å². The Balaban J connectivity index is 2.34. The van der Waals surface area contributed by atoms with Crippen molar-refractivity contribution in [1.82, 2.24) is 4.90 Å². The predicted molar refractivity (Wildman–Crippen MR) is 113 cm³/mol. The minimum atomic E-state index is -1.05. The fourth-order valence-corrected chi connectivity index (χ4v) is 2.69. The summed E-state index contributed by atoms with van der Waals surface area (Å²) in [5, 5.41) is 9.98. The molecule has 6 heteroatoms. The summed E-state index contributed by atoms with van der Waals surface area (Å²) in [5.41, 5.74) is 1.16. The molecule has 0 aliphatic rings. The second-order valence-corrected chi connectivity index (χ2v) is 8.31. The Bertz CT molecular complexity index is 963. The first-order valence-corrected chi connectivity index (χ1v) is 9.39. The van der Waals surface area contributed by atoms with Crippen LogP contribution in [0, 0.1) is 17.3 Å². The van der Waals surface area contributed by atoms with Gasteiger partial charge >= 0.3 is 5.97 Å². The first-order valence-electron chi connectivity index (χ1n) is 9.02. The summed E-state index contributed by atoms with van der Waals surface area (Å²) in [6, 6.07) is 11.8. The summed E-state index contributed by atoms with van der Waals surface area (Å²) in [7, 11) is 3.39. The highest BCUT2D eigenvalue weighted by Gasteiger charge is 2.33. The average Bonchev–Trinajstić information content (AvgIpc) is 2.64. The molecule has 2 aromatic rings. The fraction of sp³-hybridized carbons (Fsp3) is 0.304. The van der Waals surface area contributed by atoms with E-state index in [0.29, 0.717) is 27.5 Å². The second kappa shape index (κ2) is 9.02. The average molecular weight is 414 g/mol. The maximum Gasteiger partial charge on any atom is 0.345 e. The number of carboxylic acids is 1. The fourth-order valence-electron chi connectivity index (χ4n) is 2.52. The monoisotopic (exact) mass is 413 g/mol. The van der Waals surface area contributed by atoms with Gasteiger partial charge in [0, 0.05) is 35.7 Å². The third kappa shape index (κ3) is 6.00. The van der Waals surface area contributed by atoms with Crippen molar-refractivity contribution in [3.05, 3.63) is 64.2 Å². The van der Waals surface area contributed by atoms with Gasteiger partial charge in [-0.05, 0) is 42.5 Å². The zero-order chi connectivity index (χ0) is 21.8. The van der Waals surface area contributed by atoms with Crippen LogP contribution < -0.4 is 4.74 Å². The highest BCUT2D eigenvalue weighted by atomic mass is 35.5. The van der Waals surface area contributed by atoms with E-state index in [-0.39, 0.29) is 5.91 Å². The molecule has 0 saturated carbocycles. The number of hydrogen-bond acceptors (Lipinski definition) is 3. The smallest absolute Gasteiger partial charge is 0.345 e. The molecule has 0 aliphatic heterocycles. The van der Waals surface area contributed by atoms with Gasteiger partial charge in [0.05, 0.1) is 5.56 Å². The van der Waals surface area contributed by atoms with Crippen molar-refractivity contribution in [2.75, 3.05) is 14.1 Å². The molecule has 0 aromatic heterocycles. The number of ether oxygens (including phenoxy) is 1. The minimum absolute atomic E-state index is 0.0862. The lowest BCUT2D eigenvalue weighted by Crippen LogP contribution is -2.39. The van der Waals surface area contributed by atoms with Crippen LogP contribution in [0.3, 0.4) is 0 Å². The van der Waals surface area contributed by atoms with Crippen LogP contribution in [-0.2, 0) is 4.79 Å². The lowest BCUT2D eigenvalue weighted by atomic mass is 9.89. The van der Waals surface area contributed by atoms with Crippen LogP contribution in [-0.4, -0.2) is 42.1 Å². The van der Waals surface area contributed by atoms with Crippen molar-refractivity contribution in [3.63, 3.8) is 0 Å². The summed E-state index contributed by atoms with van der Waals surface area (Å²) in [4.78, 5) is 25.1. The van der Waals surface area contributed by atoms with E-state index in [1.165, 1.54) is 4.90 Å². The van der Waals surface area contributed by atoms with Gasteiger partial charge < -0.3 is 14.7 Å². The summed E-state index contributed by atoms with van der Waals surface area (Å²) >= 11 is 6.09. The van der Waals surface area contributed by atoms with Crippen molar-refractivity contribution < 1.29 is 19.4 Å². The molecule has 0 saturated heterocycles. The van der Waals surface area contributed by atoms with E-state index < -0.39 is 17.5 Å². The van der Waals surface area contributed by atoms with Gasteiger partial charge in [-0.25, -0.2) is 4.79 Å². The number of rotatable bonds is 4. The number of halogens is 1. The van der Waals surface area contributed by atoms with Gasteiger partial charge in [0.25, 0.3) is 5.91 Å². The van der Waals surface area contributed by atoms with Gasteiger partial charge in [-0.1, -0.05) is 44.2 Å². The molecular weight excluding hydrogens is 390 g/mol. The number of nitrogens with zero attached hydrogens (tertiary/aromatic N) is 1. The van der Waals surface area contributed by atoms with E-state index in [9.17, 15) is 14.7 Å². The largest absolute Gasteiger partial charge is 0.478 e. The standard InChI is InChI=1S/C23H24ClNO4/c1-23(2,3)20(22(27)28)29-19-13-12-18(24)14-17(19)11-8-15-6-9-16(10-7-15)21(26)25(4)5/h6-7,9-10,12-14,20H,1-5H3,(H,27,28). The molecule has 1 N–H and O–H groups in total. The third-order valence-electron chi connectivity index (χ3n) is 4.08. The molecule has 1 amide bonds. The van der Waals surface area contributed by atoms with Crippen LogP contribution in [0.15, 0.2) is 42.5 Å². The molecule has 1 unspecified atom stereocenters. The van der Waals surface area contributed by atoms with Crippen molar-refractivity contribution in [2.45, 2.75) is 26.9 Å². The van der Waals surface area contributed by atoms with Gasteiger partial charge in [-0.3, -0.25) is 4.79 Å². The molecule has 2 aromatic carbocycles. The lowest BCUT2D eigenvalue weighted by Gasteiger charge is -2.28. The van der Waals surface area contributed by atoms with E-state index in [1.807, 2.05) is 0 Å². The van der Waals surface area contributed by atoms with Gasteiger partial charge in [0.2, 0.25) is 0 Å². The summed E-state index contributed by atoms with van der Waals surface area (Å²) in [6.45, 7) is 5.39. The molecule has 0 heterocycles. The maximum atomic E-state index is 12.0. The van der Waals surface area contributed by atoms with Crippen molar-refractivity contribution in [3.8, 4) is 17.6 Å². The van der Waals surface area contributed by atoms with E-state index in [0.717, 1.165) is 0 Å². The van der Waals surface area contributed by atoms with Crippen LogP contribution in [0.5, 0.6) is 5.75 Å². The number of aliphatic carboxylic acids is 1. The molecular formula is C23H24ClNO4. The third-order valence-corrected chi connectivity index (χ3v) is 4.31. The van der Waals surface area contributed by atoms with Gasteiger partial charge in [-0.2, -0.15) is 0 Å². The van der Waals surface area contributed by atoms with Crippen LogP contribution in [0.1, 0.15) is 42.3 Å². The topological polar surface area (TPSA) is 66.8 Å². The van der Waals surface area contributed by atoms with Crippen LogP contribution in [0.4, 0.5) is 0 Å². The second-order valence-electron chi connectivity index (χ2n) is 7.87. The lowest BCUT2D eigenvalue weighted by molar-refractivity contribution is -0.150. The predicted octanol–water partition coefficient (Wildman–Crippen LogP) is 4.32. The molecule has 5 nitrogen and oxygen atoms in total. The maximum absolute atomic E-state index is 12.0. The Morgan fingerprint density at radius 3 is 2.21 bits per heavy atom. The molecule has 0 aliphatic carbocycles. The summed E-state index contributed by atoms with van der Waals surface area (Å²) in [5.74, 6) is 5.21. The molecule has 0 spiro atoms. The molecule has 2 rings (SSSR count). The highest BCUT2D eigenvalue weighted by molar-refractivity contribution is 6.30. The number of carboxylic acid groups (broad SMARTS) is 1. The Labute approximate surface area is 176 Å². The van der Waals surface area contributed by atoms with Crippen LogP contribution in [0.2, 0.25) is 5.02 Å². The Morgan fingerprint density at radius 2 is 1.69 bits per heavy atom. The molecule has 1 atom stereocenters. The highest BCUT2D eigenvalue weighted by Crippen LogP contribution is 2.29. The zero-order valence-electron chi connectivity index (χ0n) is 17.1. The molecule has 0 radical (unpaired) electrons. The Hall–Kier alpha value is -2.97. The first-order chi connectivity index (χ1) is 13.5. The number of carbonyl (C=O) groups excluding carboxylic acids is 1. The van der Waals surface area contributed by atoms with E-state index in [2.05, 4.69) is 11.8 Å². The van der Waals surface area contributed by atoms with Crippen LogP contribution >= 0.6 is 11.6 Å². The zero-order valence-corrected chi connectivity index (χ0v) is 17.9. The number of hydrogen-bond donors (Lipinski definition) is 1. The molecule has 0 fully saturated rings. The molecule has 29 heavy (non-hydrogen) atoms. The summed E-state index contributed by atoms with van der Waals surface area (Å²) in [6.07, 6.45) is -1.04. The molecule has 152 valence electrons. The normalized spacial score (nSPS) is 11.8.